The van der Waals surface area contributed by atoms with Gasteiger partial charge in [0.25, 0.3) is 0 Å². The number of esters is 2. The highest BCUT2D eigenvalue weighted by atomic mass is 19.4. The van der Waals surface area contributed by atoms with Crippen LogP contribution in [-0.4, -0.2) is 54.1 Å². The molecule has 1 heterocycles. The Morgan fingerprint density at radius 3 is 2.12 bits per heavy atom. The lowest BCUT2D eigenvalue weighted by molar-refractivity contribution is -0.203. The number of alkyl halides is 3. The van der Waals surface area contributed by atoms with Gasteiger partial charge in [0.2, 0.25) is 5.91 Å². The van der Waals surface area contributed by atoms with Crippen LogP contribution in [0.5, 0.6) is 0 Å². The summed E-state index contributed by atoms with van der Waals surface area (Å²) in [7, 11) is 0. The molecule has 1 aliphatic heterocycles. The third-order valence-electron chi connectivity index (χ3n) is 9.80. The fourth-order valence-electron chi connectivity index (χ4n) is 7.19. The number of benzene rings is 2. The van der Waals surface area contributed by atoms with Gasteiger partial charge in [0, 0.05) is 18.6 Å². The summed E-state index contributed by atoms with van der Waals surface area (Å²) in [5.41, 5.74) is 3.59. The summed E-state index contributed by atoms with van der Waals surface area (Å²) in [4.78, 5) is 40.2. The Kier molecular flexibility index (Phi) is 9.59. The zero-order valence-electron chi connectivity index (χ0n) is 24.8. The van der Waals surface area contributed by atoms with Crippen molar-refractivity contribution in [3.05, 3.63) is 59.7 Å². The van der Waals surface area contributed by atoms with E-state index < -0.39 is 35.5 Å². The predicted molar refractivity (Wildman–Crippen MR) is 157 cm³/mol. The number of nitrogens with zero attached hydrogens (tertiary/aromatic N) is 1. The van der Waals surface area contributed by atoms with Crippen molar-refractivity contribution in [3.8, 4) is 11.1 Å². The van der Waals surface area contributed by atoms with Gasteiger partial charge in [0.15, 0.2) is 0 Å². The van der Waals surface area contributed by atoms with Gasteiger partial charge >= 0.3 is 18.1 Å². The van der Waals surface area contributed by atoms with Gasteiger partial charge in [-0.05, 0) is 80.7 Å². The van der Waals surface area contributed by atoms with Crippen molar-refractivity contribution < 1.29 is 32.3 Å². The van der Waals surface area contributed by atoms with E-state index in [4.69, 9.17) is 0 Å². The van der Waals surface area contributed by atoms with Gasteiger partial charge in [0.1, 0.15) is 0 Å². The maximum atomic E-state index is 13.8. The van der Waals surface area contributed by atoms with Gasteiger partial charge in [-0.2, -0.15) is 13.2 Å². The molecule has 3 atom stereocenters. The molecule has 0 aromatic heterocycles. The van der Waals surface area contributed by atoms with E-state index in [2.05, 4.69) is 46.1 Å². The Morgan fingerprint density at radius 2 is 1.51 bits per heavy atom. The lowest BCUT2D eigenvalue weighted by atomic mass is 9.76. The average Bonchev–Trinajstić information content (AvgIpc) is 3.66. The summed E-state index contributed by atoms with van der Waals surface area (Å²) in [5, 5.41) is 2.99. The number of hydrogen-bond donors (Lipinski definition) is 1. The molecular formula is C34H41F3N2O4. The van der Waals surface area contributed by atoms with Gasteiger partial charge in [0.05, 0.1) is 11.3 Å². The summed E-state index contributed by atoms with van der Waals surface area (Å²) >= 11 is 0. The van der Waals surface area contributed by atoms with E-state index >= 15 is 0 Å². The zero-order chi connectivity index (χ0) is 30.6. The van der Waals surface area contributed by atoms with Gasteiger partial charge in [-0.3, -0.25) is 9.59 Å². The topological polar surface area (TPSA) is 75.7 Å². The van der Waals surface area contributed by atoms with E-state index in [1.807, 2.05) is 24.3 Å². The molecule has 1 N–H and O–H groups in total. The third kappa shape index (κ3) is 7.14. The highest BCUT2D eigenvalue weighted by Gasteiger charge is 2.47. The smallest absolute Gasteiger partial charge is 0.386 e. The van der Waals surface area contributed by atoms with Crippen LogP contribution in [0, 0.1) is 5.92 Å². The third-order valence-corrected chi connectivity index (χ3v) is 9.80. The van der Waals surface area contributed by atoms with Crippen molar-refractivity contribution in [2.24, 2.45) is 5.92 Å². The predicted octanol–water partition coefficient (Wildman–Crippen LogP) is 6.50. The van der Waals surface area contributed by atoms with E-state index in [-0.39, 0.29) is 12.3 Å². The summed E-state index contributed by atoms with van der Waals surface area (Å²) in [6, 6.07) is 16.7. The van der Waals surface area contributed by atoms with Crippen molar-refractivity contribution in [2.75, 3.05) is 13.1 Å². The number of amides is 1. The SMILES string of the molecule is C[C@@H]1CCCN1CCc1ccc(-c2ccc(C3(C(=O)NC4CCCCC4C(=O)OC(=O)C(F)(F)F)CCCC3)cc2)cc1. The minimum atomic E-state index is -5.25. The zero-order valence-corrected chi connectivity index (χ0v) is 24.8. The van der Waals surface area contributed by atoms with Crippen LogP contribution in [0.4, 0.5) is 13.2 Å². The van der Waals surface area contributed by atoms with Gasteiger partial charge in [-0.1, -0.05) is 74.2 Å². The molecule has 3 fully saturated rings. The van der Waals surface area contributed by atoms with Crippen LogP contribution in [0.25, 0.3) is 11.1 Å². The molecule has 5 rings (SSSR count). The van der Waals surface area contributed by atoms with Gasteiger partial charge in [-0.15, -0.1) is 0 Å². The van der Waals surface area contributed by atoms with Gasteiger partial charge < -0.3 is 15.0 Å². The van der Waals surface area contributed by atoms with Crippen LogP contribution < -0.4 is 5.32 Å². The van der Waals surface area contributed by atoms with Crippen molar-refractivity contribution in [1.29, 1.82) is 0 Å². The molecule has 232 valence electrons. The Labute approximate surface area is 251 Å². The number of hydrogen-bond acceptors (Lipinski definition) is 5. The standard InChI is InChI=1S/C34H41F3N2O4/c1-23-7-6-21-39(23)22-18-24-10-12-25(13-11-24)26-14-16-27(17-15-26)33(19-4-5-20-33)31(41)38-29-9-3-2-8-28(29)30(40)43-32(42)34(35,36)37/h10-17,23,28-29H,2-9,18-22H2,1H3,(H,38,41)/t23-,28?,29?/m1/s1. The van der Waals surface area contributed by atoms with E-state index in [1.165, 1.54) is 24.9 Å². The number of likely N-dealkylation sites (tertiary alicyclic amines) is 1. The average molecular weight is 599 g/mol. The molecule has 6 nitrogen and oxygen atoms in total. The summed E-state index contributed by atoms with van der Waals surface area (Å²) in [6.07, 6.45) is 3.41. The van der Waals surface area contributed by atoms with E-state index in [9.17, 15) is 27.6 Å². The molecule has 43 heavy (non-hydrogen) atoms. The molecule has 0 spiro atoms. The van der Waals surface area contributed by atoms with E-state index in [0.29, 0.717) is 31.7 Å². The van der Waals surface area contributed by atoms with Crippen molar-refractivity contribution >= 4 is 17.8 Å². The summed E-state index contributed by atoms with van der Waals surface area (Å²) in [5.74, 6) is -4.96. The van der Waals surface area contributed by atoms with Crippen molar-refractivity contribution in [3.63, 3.8) is 0 Å². The fraction of sp³-hybridized carbons (Fsp3) is 0.559. The monoisotopic (exact) mass is 598 g/mol. The number of halogens is 3. The Balaban J connectivity index is 1.25. The largest absolute Gasteiger partial charge is 0.491 e. The maximum absolute atomic E-state index is 13.8. The minimum absolute atomic E-state index is 0.221. The molecule has 0 bridgehead atoms. The second-order valence-electron chi connectivity index (χ2n) is 12.5. The quantitative estimate of drug-likeness (QED) is 0.277. The summed E-state index contributed by atoms with van der Waals surface area (Å²) < 4.78 is 42.2. The normalized spacial score (nSPS) is 24.0. The first-order chi connectivity index (χ1) is 20.6. The fourth-order valence-corrected chi connectivity index (χ4v) is 7.19. The van der Waals surface area contributed by atoms with Crippen LogP contribution in [-0.2, 0) is 31.0 Å². The second kappa shape index (κ2) is 13.2. The van der Waals surface area contributed by atoms with Crippen LogP contribution in [0.15, 0.2) is 48.5 Å². The van der Waals surface area contributed by atoms with Gasteiger partial charge in [-0.25, -0.2) is 4.79 Å². The molecule has 0 radical (unpaired) electrons. The second-order valence-corrected chi connectivity index (χ2v) is 12.5. The van der Waals surface area contributed by atoms with Crippen LogP contribution in [0.1, 0.15) is 82.3 Å². The molecule has 9 heteroatoms. The first-order valence-electron chi connectivity index (χ1n) is 15.6. The maximum Gasteiger partial charge on any atom is 0.491 e. The molecule has 2 unspecified atom stereocenters. The van der Waals surface area contributed by atoms with E-state index in [0.717, 1.165) is 48.9 Å². The molecule has 3 aliphatic rings. The Hall–Kier alpha value is -3.20. The lowest BCUT2D eigenvalue weighted by Gasteiger charge is -2.35. The number of carbonyl (C=O) groups excluding carboxylic acids is 3. The number of ether oxygens (including phenoxy) is 1. The minimum Gasteiger partial charge on any atom is -0.386 e. The Morgan fingerprint density at radius 1 is 0.884 bits per heavy atom. The summed E-state index contributed by atoms with van der Waals surface area (Å²) in [6.45, 7) is 4.56. The number of carbonyl (C=O) groups is 3. The molecule has 2 saturated carbocycles. The molecule has 2 aromatic rings. The van der Waals surface area contributed by atoms with E-state index in [1.54, 1.807) is 0 Å². The first kappa shape index (κ1) is 31.2. The highest BCUT2D eigenvalue weighted by molar-refractivity contribution is 5.92. The molecule has 2 aliphatic carbocycles. The molecular weight excluding hydrogens is 557 g/mol. The van der Waals surface area contributed by atoms with Crippen LogP contribution >= 0.6 is 0 Å². The van der Waals surface area contributed by atoms with Crippen molar-refractivity contribution in [2.45, 2.75) is 101 Å². The lowest BCUT2D eigenvalue weighted by Crippen LogP contribution is -2.52. The van der Waals surface area contributed by atoms with Crippen LogP contribution in [0.2, 0.25) is 0 Å². The Bertz CT molecular complexity index is 1290. The molecule has 1 saturated heterocycles. The van der Waals surface area contributed by atoms with Crippen molar-refractivity contribution in [1.82, 2.24) is 10.2 Å². The highest BCUT2D eigenvalue weighted by Crippen LogP contribution is 2.42. The molecule has 1 amide bonds. The van der Waals surface area contributed by atoms with Crippen LogP contribution in [0.3, 0.4) is 0 Å². The number of nitrogens with one attached hydrogen (secondary N) is 1. The number of rotatable bonds is 8. The molecule has 2 aromatic carbocycles. The first-order valence-corrected chi connectivity index (χ1v) is 15.6.